The highest BCUT2D eigenvalue weighted by Gasteiger charge is 2.30. The Morgan fingerprint density at radius 3 is 3.05 bits per heavy atom. The minimum absolute atomic E-state index is 0.432. The first kappa shape index (κ1) is 12.9. The Morgan fingerprint density at radius 1 is 1.45 bits per heavy atom. The molecular formula is C13H13N5OS. The number of nitrogens with zero attached hydrogens (tertiary/aromatic N) is 4. The molecule has 0 aliphatic carbocycles. The van der Waals surface area contributed by atoms with Crippen molar-refractivity contribution in [3.8, 4) is 0 Å². The number of thioether (sulfide) groups is 1. The SMILES string of the molecule is CSc1ncc2c(n1)N(Cc1ccccn1)C(C=O)N2. The quantitative estimate of drug-likeness (QED) is 0.519. The maximum Gasteiger partial charge on any atom is 0.189 e. The summed E-state index contributed by atoms with van der Waals surface area (Å²) in [6.07, 6.45) is 5.80. The van der Waals surface area contributed by atoms with Crippen LogP contribution in [0.4, 0.5) is 11.5 Å². The average Bonchev–Trinajstić information content (AvgIpc) is 2.85. The van der Waals surface area contributed by atoms with E-state index in [4.69, 9.17) is 0 Å². The molecule has 2 aromatic rings. The topological polar surface area (TPSA) is 71.0 Å². The molecule has 0 bridgehead atoms. The molecule has 0 spiro atoms. The van der Waals surface area contributed by atoms with Crippen molar-refractivity contribution in [3.63, 3.8) is 0 Å². The van der Waals surface area contributed by atoms with E-state index < -0.39 is 6.17 Å². The lowest BCUT2D eigenvalue weighted by Gasteiger charge is -2.21. The number of carbonyl (C=O) groups excluding carboxylic acids is 1. The monoisotopic (exact) mass is 287 g/mol. The van der Waals surface area contributed by atoms with E-state index in [2.05, 4.69) is 20.3 Å². The molecule has 3 rings (SSSR count). The van der Waals surface area contributed by atoms with Crippen LogP contribution in [0.3, 0.4) is 0 Å². The van der Waals surface area contributed by atoms with E-state index in [1.807, 2.05) is 29.4 Å². The Labute approximate surface area is 120 Å². The van der Waals surface area contributed by atoms with Crippen molar-refractivity contribution in [2.75, 3.05) is 16.5 Å². The second-order valence-corrected chi connectivity index (χ2v) is 5.04. The van der Waals surface area contributed by atoms with Crippen LogP contribution in [0.2, 0.25) is 0 Å². The zero-order chi connectivity index (χ0) is 13.9. The third kappa shape index (κ3) is 2.32. The van der Waals surface area contributed by atoms with E-state index in [0.717, 1.165) is 23.5 Å². The Bertz CT molecular complexity index is 621. The van der Waals surface area contributed by atoms with E-state index in [0.29, 0.717) is 11.7 Å². The number of hydrogen-bond donors (Lipinski definition) is 1. The van der Waals surface area contributed by atoms with E-state index in [1.165, 1.54) is 11.8 Å². The Hall–Kier alpha value is -2.15. The number of rotatable bonds is 4. The van der Waals surface area contributed by atoms with Gasteiger partial charge in [0.05, 0.1) is 24.1 Å². The van der Waals surface area contributed by atoms with Gasteiger partial charge >= 0.3 is 0 Å². The summed E-state index contributed by atoms with van der Waals surface area (Å²) in [4.78, 5) is 26.1. The molecule has 0 aromatic carbocycles. The van der Waals surface area contributed by atoms with Crippen LogP contribution in [0, 0.1) is 0 Å². The second-order valence-electron chi connectivity index (χ2n) is 4.27. The molecule has 0 saturated heterocycles. The van der Waals surface area contributed by atoms with Gasteiger partial charge in [0.15, 0.2) is 23.4 Å². The number of aromatic nitrogens is 3. The first-order valence-corrected chi connectivity index (χ1v) is 7.33. The van der Waals surface area contributed by atoms with Gasteiger partial charge in [0, 0.05) is 6.20 Å². The predicted molar refractivity (Wildman–Crippen MR) is 77.7 cm³/mol. The molecule has 0 radical (unpaired) electrons. The zero-order valence-corrected chi connectivity index (χ0v) is 11.7. The summed E-state index contributed by atoms with van der Waals surface area (Å²) in [5.41, 5.74) is 1.66. The fourth-order valence-corrected chi connectivity index (χ4v) is 2.43. The van der Waals surface area contributed by atoms with Crippen molar-refractivity contribution in [1.29, 1.82) is 0 Å². The lowest BCUT2D eigenvalue weighted by Crippen LogP contribution is -2.36. The minimum Gasteiger partial charge on any atom is -0.355 e. The van der Waals surface area contributed by atoms with Crippen molar-refractivity contribution in [2.45, 2.75) is 17.9 Å². The maximum absolute atomic E-state index is 11.3. The van der Waals surface area contributed by atoms with Crippen LogP contribution in [0.5, 0.6) is 0 Å². The summed E-state index contributed by atoms with van der Waals surface area (Å²) in [7, 11) is 0. The molecule has 3 heterocycles. The number of carbonyl (C=O) groups is 1. The van der Waals surface area contributed by atoms with Crippen LogP contribution >= 0.6 is 11.8 Å². The number of anilines is 2. The number of fused-ring (bicyclic) bond motifs is 1. The van der Waals surface area contributed by atoms with Crippen LogP contribution in [0.1, 0.15) is 5.69 Å². The van der Waals surface area contributed by atoms with Gasteiger partial charge < -0.3 is 10.2 Å². The third-order valence-electron chi connectivity index (χ3n) is 3.03. The highest BCUT2D eigenvalue weighted by molar-refractivity contribution is 7.98. The van der Waals surface area contributed by atoms with Crippen LogP contribution in [0.15, 0.2) is 35.7 Å². The molecule has 0 fully saturated rings. The highest BCUT2D eigenvalue weighted by Crippen LogP contribution is 2.33. The van der Waals surface area contributed by atoms with Crippen molar-refractivity contribution >= 4 is 29.6 Å². The molecule has 1 atom stereocenters. The Balaban J connectivity index is 1.94. The maximum atomic E-state index is 11.3. The molecule has 0 saturated carbocycles. The first-order chi connectivity index (χ1) is 9.81. The molecule has 1 unspecified atom stereocenters. The molecule has 0 amide bonds. The van der Waals surface area contributed by atoms with Gasteiger partial charge in [-0.05, 0) is 18.4 Å². The minimum atomic E-state index is -0.432. The molecule has 1 aliphatic rings. The Kier molecular flexibility index (Phi) is 3.51. The first-order valence-electron chi connectivity index (χ1n) is 6.11. The third-order valence-corrected chi connectivity index (χ3v) is 3.59. The van der Waals surface area contributed by atoms with Crippen molar-refractivity contribution in [3.05, 3.63) is 36.3 Å². The fraction of sp³-hybridized carbons (Fsp3) is 0.231. The molecule has 102 valence electrons. The lowest BCUT2D eigenvalue weighted by atomic mass is 10.3. The standard InChI is InChI=1S/C13H13N5OS/c1-20-13-15-6-10-12(17-13)18(11(8-19)16-10)7-9-4-2-3-5-14-9/h2-6,8,11,16H,7H2,1H3. The smallest absolute Gasteiger partial charge is 0.189 e. The second kappa shape index (κ2) is 5.46. The van der Waals surface area contributed by atoms with Gasteiger partial charge in [0.25, 0.3) is 0 Å². The summed E-state index contributed by atoms with van der Waals surface area (Å²) in [5, 5.41) is 3.79. The molecule has 1 aliphatic heterocycles. The zero-order valence-electron chi connectivity index (χ0n) is 10.9. The number of pyridine rings is 1. The van der Waals surface area contributed by atoms with E-state index in [9.17, 15) is 4.79 Å². The highest BCUT2D eigenvalue weighted by atomic mass is 32.2. The normalized spacial score (nSPS) is 16.6. The predicted octanol–water partition coefficient (Wildman–Crippen LogP) is 1.55. The summed E-state index contributed by atoms with van der Waals surface area (Å²) in [6, 6.07) is 5.72. The van der Waals surface area contributed by atoms with Crippen LogP contribution < -0.4 is 10.2 Å². The van der Waals surface area contributed by atoms with Crippen LogP contribution in [-0.2, 0) is 11.3 Å². The fourth-order valence-electron chi connectivity index (χ4n) is 2.09. The van der Waals surface area contributed by atoms with Gasteiger partial charge in [0.1, 0.15) is 0 Å². The van der Waals surface area contributed by atoms with Gasteiger partial charge in [-0.15, -0.1) is 0 Å². The number of hydrogen-bond acceptors (Lipinski definition) is 7. The van der Waals surface area contributed by atoms with Gasteiger partial charge in [-0.2, -0.15) is 0 Å². The number of nitrogens with one attached hydrogen (secondary N) is 1. The lowest BCUT2D eigenvalue weighted by molar-refractivity contribution is -0.108. The van der Waals surface area contributed by atoms with Crippen LogP contribution in [-0.4, -0.2) is 33.7 Å². The van der Waals surface area contributed by atoms with E-state index in [1.54, 1.807) is 12.4 Å². The van der Waals surface area contributed by atoms with Gasteiger partial charge in [-0.1, -0.05) is 17.8 Å². The van der Waals surface area contributed by atoms with E-state index >= 15 is 0 Å². The molecule has 6 nitrogen and oxygen atoms in total. The summed E-state index contributed by atoms with van der Waals surface area (Å²) >= 11 is 1.47. The van der Waals surface area contributed by atoms with Crippen LogP contribution in [0.25, 0.3) is 0 Å². The summed E-state index contributed by atoms with van der Waals surface area (Å²) < 4.78 is 0. The van der Waals surface area contributed by atoms with Crippen molar-refractivity contribution < 1.29 is 4.79 Å². The van der Waals surface area contributed by atoms with E-state index in [-0.39, 0.29) is 0 Å². The largest absolute Gasteiger partial charge is 0.355 e. The van der Waals surface area contributed by atoms with Gasteiger partial charge in [-0.25, -0.2) is 9.97 Å². The van der Waals surface area contributed by atoms with Gasteiger partial charge in [-0.3, -0.25) is 9.78 Å². The molecular weight excluding hydrogens is 274 g/mol. The van der Waals surface area contributed by atoms with Gasteiger partial charge in [0.2, 0.25) is 0 Å². The molecule has 7 heteroatoms. The Morgan fingerprint density at radius 2 is 2.35 bits per heavy atom. The number of aldehydes is 1. The van der Waals surface area contributed by atoms with Crippen molar-refractivity contribution in [1.82, 2.24) is 15.0 Å². The summed E-state index contributed by atoms with van der Waals surface area (Å²) in [6.45, 7) is 0.523. The molecule has 20 heavy (non-hydrogen) atoms. The molecule has 1 N–H and O–H groups in total. The van der Waals surface area contributed by atoms with Crippen molar-refractivity contribution in [2.24, 2.45) is 0 Å². The molecule has 2 aromatic heterocycles. The summed E-state index contributed by atoms with van der Waals surface area (Å²) in [5.74, 6) is 0.743. The average molecular weight is 287 g/mol.